The predicted molar refractivity (Wildman–Crippen MR) is 42.1 cm³/mol. The van der Waals surface area contributed by atoms with Crippen LogP contribution in [-0.2, 0) is 11.3 Å². The fourth-order valence-corrected chi connectivity index (χ4v) is 0.774. The van der Waals surface area contributed by atoms with Gasteiger partial charge in [-0.3, -0.25) is 0 Å². The van der Waals surface area contributed by atoms with Crippen LogP contribution < -0.4 is 5.73 Å². The van der Waals surface area contributed by atoms with Crippen LogP contribution >= 0.6 is 0 Å². The lowest BCUT2D eigenvalue weighted by atomic mass is 10.6. The Labute approximate surface area is 66.0 Å². The number of imidazole rings is 1. The molecule has 0 amide bonds. The summed E-state index contributed by atoms with van der Waals surface area (Å²) in [6.07, 6.45) is 5.43. The van der Waals surface area contributed by atoms with Crippen molar-refractivity contribution in [2.24, 2.45) is 5.73 Å². The van der Waals surface area contributed by atoms with Gasteiger partial charge in [0.15, 0.2) is 0 Å². The summed E-state index contributed by atoms with van der Waals surface area (Å²) in [7, 11) is 0. The van der Waals surface area contributed by atoms with Crippen molar-refractivity contribution in [2.75, 3.05) is 19.8 Å². The van der Waals surface area contributed by atoms with Crippen molar-refractivity contribution in [3.63, 3.8) is 0 Å². The molecule has 1 aromatic heterocycles. The van der Waals surface area contributed by atoms with Gasteiger partial charge in [-0.25, -0.2) is 4.98 Å². The average molecular weight is 155 g/mol. The van der Waals surface area contributed by atoms with Crippen LogP contribution in [0.25, 0.3) is 0 Å². The van der Waals surface area contributed by atoms with Gasteiger partial charge in [-0.05, 0) is 0 Å². The first-order chi connectivity index (χ1) is 5.43. The lowest BCUT2D eigenvalue weighted by Crippen LogP contribution is -2.11. The molecule has 0 spiro atoms. The molecule has 62 valence electrons. The van der Waals surface area contributed by atoms with Gasteiger partial charge in [0.1, 0.15) is 0 Å². The van der Waals surface area contributed by atoms with Crippen molar-refractivity contribution >= 4 is 0 Å². The first-order valence-electron chi connectivity index (χ1n) is 3.67. The minimum Gasteiger partial charge on any atom is -0.378 e. The van der Waals surface area contributed by atoms with Crippen molar-refractivity contribution in [3.05, 3.63) is 18.7 Å². The second kappa shape index (κ2) is 4.87. The fraction of sp³-hybridized carbons (Fsp3) is 0.571. The Bertz CT molecular complexity index is 174. The van der Waals surface area contributed by atoms with E-state index < -0.39 is 0 Å². The van der Waals surface area contributed by atoms with Crippen LogP contribution in [-0.4, -0.2) is 29.3 Å². The summed E-state index contributed by atoms with van der Waals surface area (Å²) >= 11 is 0. The second-order valence-electron chi connectivity index (χ2n) is 2.20. The van der Waals surface area contributed by atoms with Gasteiger partial charge in [0.05, 0.1) is 19.5 Å². The smallest absolute Gasteiger partial charge is 0.0946 e. The van der Waals surface area contributed by atoms with E-state index in [1.54, 1.807) is 12.5 Å². The van der Waals surface area contributed by atoms with E-state index in [-0.39, 0.29) is 0 Å². The Balaban J connectivity index is 2.04. The number of hydrogen-bond donors (Lipinski definition) is 1. The largest absolute Gasteiger partial charge is 0.378 e. The molecule has 0 atom stereocenters. The van der Waals surface area contributed by atoms with E-state index in [9.17, 15) is 0 Å². The zero-order valence-electron chi connectivity index (χ0n) is 6.44. The van der Waals surface area contributed by atoms with E-state index in [2.05, 4.69) is 4.98 Å². The van der Waals surface area contributed by atoms with Crippen molar-refractivity contribution < 1.29 is 4.74 Å². The highest BCUT2D eigenvalue weighted by molar-refractivity contribution is 4.73. The predicted octanol–water partition coefficient (Wildman–Crippen LogP) is -0.142. The zero-order chi connectivity index (χ0) is 7.94. The van der Waals surface area contributed by atoms with Crippen molar-refractivity contribution in [1.82, 2.24) is 9.55 Å². The molecule has 0 saturated carbocycles. The van der Waals surface area contributed by atoms with Crippen molar-refractivity contribution in [2.45, 2.75) is 6.54 Å². The third-order valence-electron chi connectivity index (χ3n) is 1.32. The molecule has 0 fully saturated rings. The summed E-state index contributed by atoms with van der Waals surface area (Å²) in [5, 5.41) is 0. The van der Waals surface area contributed by atoms with Crippen LogP contribution in [0.2, 0.25) is 0 Å². The van der Waals surface area contributed by atoms with Gasteiger partial charge in [0, 0.05) is 25.5 Å². The number of rotatable bonds is 5. The van der Waals surface area contributed by atoms with Crippen LogP contribution in [0.4, 0.5) is 0 Å². The summed E-state index contributed by atoms with van der Waals surface area (Å²) in [5.41, 5.74) is 5.24. The summed E-state index contributed by atoms with van der Waals surface area (Å²) in [6.45, 7) is 2.77. The Kier molecular flexibility index (Phi) is 3.64. The van der Waals surface area contributed by atoms with Crippen molar-refractivity contribution in [3.8, 4) is 0 Å². The van der Waals surface area contributed by atoms with E-state index in [0.29, 0.717) is 19.8 Å². The summed E-state index contributed by atoms with van der Waals surface area (Å²) in [5.74, 6) is 0. The topological polar surface area (TPSA) is 53.1 Å². The summed E-state index contributed by atoms with van der Waals surface area (Å²) in [4.78, 5) is 3.90. The maximum Gasteiger partial charge on any atom is 0.0946 e. The molecule has 11 heavy (non-hydrogen) atoms. The third kappa shape index (κ3) is 3.15. The maximum atomic E-state index is 5.24. The van der Waals surface area contributed by atoms with E-state index in [0.717, 1.165) is 6.54 Å². The van der Waals surface area contributed by atoms with Gasteiger partial charge < -0.3 is 15.0 Å². The molecule has 4 heteroatoms. The van der Waals surface area contributed by atoms with Crippen LogP contribution in [0.1, 0.15) is 0 Å². The van der Waals surface area contributed by atoms with Gasteiger partial charge in [0.2, 0.25) is 0 Å². The minimum atomic E-state index is 0.587. The molecule has 0 bridgehead atoms. The van der Waals surface area contributed by atoms with Gasteiger partial charge >= 0.3 is 0 Å². The van der Waals surface area contributed by atoms with Gasteiger partial charge in [-0.15, -0.1) is 0 Å². The number of aromatic nitrogens is 2. The first-order valence-corrected chi connectivity index (χ1v) is 3.67. The molecule has 4 nitrogen and oxygen atoms in total. The molecular formula is C7H13N3O. The third-order valence-corrected chi connectivity index (χ3v) is 1.32. The molecule has 2 N–H and O–H groups in total. The number of hydrogen-bond acceptors (Lipinski definition) is 3. The number of nitrogens with two attached hydrogens (primary N) is 1. The highest BCUT2D eigenvalue weighted by Crippen LogP contribution is 1.85. The number of nitrogens with zero attached hydrogens (tertiary/aromatic N) is 2. The Hall–Kier alpha value is -0.870. The molecule has 0 aliphatic heterocycles. The first kappa shape index (κ1) is 8.23. The van der Waals surface area contributed by atoms with Crippen LogP contribution in [0.15, 0.2) is 18.7 Å². The highest BCUT2D eigenvalue weighted by Gasteiger charge is 1.88. The van der Waals surface area contributed by atoms with Crippen LogP contribution in [0.3, 0.4) is 0 Å². The molecule has 0 saturated heterocycles. The molecule has 0 aliphatic rings. The zero-order valence-corrected chi connectivity index (χ0v) is 6.44. The molecule has 0 aromatic carbocycles. The molecule has 0 aliphatic carbocycles. The van der Waals surface area contributed by atoms with Gasteiger partial charge in [0.25, 0.3) is 0 Å². The van der Waals surface area contributed by atoms with Crippen LogP contribution in [0.5, 0.6) is 0 Å². The standard InChI is InChI=1S/C7H13N3O/c8-1-5-11-6-4-10-3-2-9-7-10/h2-3,7H,1,4-6,8H2. The highest BCUT2D eigenvalue weighted by atomic mass is 16.5. The quantitative estimate of drug-likeness (QED) is 0.602. The SMILES string of the molecule is NCCOCCn1ccnc1. The summed E-state index contributed by atoms with van der Waals surface area (Å²) < 4.78 is 7.15. The maximum absolute atomic E-state index is 5.24. The fourth-order valence-electron chi connectivity index (χ4n) is 0.774. The molecule has 0 radical (unpaired) electrons. The number of ether oxygens (including phenoxy) is 1. The van der Waals surface area contributed by atoms with Gasteiger partial charge in [-0.1, -0.05) is 0 Å². The van der Waals surface area contributed by atoms with E-state index in [1.165, 1.54) is 0 Å². The lowest BCUT2D eigenvalue weighted by molar-refractivity contribution is 0.133. The Morgan fingerprint density at radius 3 is 3.00 bits per heavy atom. The molecule has 1 heterocycles. The minimum absolute atomic E-state index is 0.587. The average Bonchev–Trinajstić information content (AvgIpc) is 2.50. The molecule has 1 rings (SSSR count). The second-order valence-corrected chi connectivity index (χ2v) is 2.20. The lowest BCUT2D eigenvalue weighted by Gasteiger charge is -2.02. The van der Waals surface area contributed by atoms with Crippen LogP contribution in [0, 0.1) is 0 Å². The van der Waals surface area contributed by atoms with E-state index >= 15 is 0 Å². The van der Waals surface area contributed by atoms with E-state index in [1.807, 2.05) is 10.8 Å². The molecule has 1 aromatic rings. The Morgan fingerprint density at radius 1 is 1.45 bits per heavy atom. The van der Waals surface area contributed by atoms with Crippen molar-refractivity contribution in [1.29, 1.82) is 0 Å². The summed E-state index contributed by atoms with van der Waals surface area (Å²) in [6, 6.07) is 0. The molecular weight excluding hydrogens is 142 g/mol. The monoisotopic (exact) mass is 155 g/mol. The Morgan fingerprint density at radius 2 is 2.36 bits per heavy atom. The normalized spacial score (nSPS) is 10.3. The van der Waals surface area contributed by atoms with Gasteiger partial charge in [-0.2, -0.15) is 0 Å². The van der Waals surface area contributed by atoms with E-state index in [4.69, 9.17) is 10.5 Å². The molecule has 0 unspecified atom stereocenters.